The molecule has 3 aromatic carbocycles. The number of halogens is 1. The van der Waals surface area contributed by atoms with Crippen molar-refractivity contribution in [1.82, 2.24) is 4.90 Å². The first-order valence-corrected chi connectivity index (χ1v) is 13.5. The highest BCUT2D eigenvalue weighted by Gasteiger charge is 2.34. The van der Waals surface area contributed by atoms with Gasteiger partial charge >= 0.3 is 0 Å². The minimum atomic E-state index is -0.257. The third-order valence-corrected chi connectivity index (χ3v) is 7.16. The molecule has 0 N–H and O–H groups in total. The molecule has 186 valence electrons. The number of rotatable bonds is 10. The fourth-order valence-electron chi connectivity index (χ4n) is 3.96. The van der Waals surface area contributed by atoms with Gasteiger partial charge in [-0.3, -0.25) is 14.5 Å². The van der Waals surface area contributed by atoms with Crippen LogP contribution in [0, 0.1) is 6.92 Å². The predicted octanol–water partition coefficient (Wildman–Crippen LogP) is 7.40. The van der Waals surface area contributed by atoms with Crippen molar-refractivity contribution in [3.8, 4) is 11.5 Å². The molecule has 0 spiro atoms. The van der Waals surface area contributed by atoms with Gasteiger partial charge in [-0.2, -0.15) is 0 Å². The number of ether oxygens (including phenoxy) is 2. The van der Waals surface area contributed by atoms with E-state index in [-0.39, 0.29) is 11.1 Å². The quantitative estimate of drug-likeness (QED) is 0.239. The molecule has 36 heavy (non-hydrogen) atoms. The van der Waals surface area contributed by atoms with Gasteiger partial charge in [-0.15, -0.1) is 0 Å². The topological polar surface area (TPSA) is 55.8 Å². The Morgan fingerprint density at radius 2 is 1.75 bits per heavy atom. The number of carbonyl (C=O) groups excluding carboxylic acids is 2. The van der Waals surface area contributed by atoms with Gasteiger partial charge in [0.2, 0.25) is 0 Å². The number of hydrogen-bond acceptors (Lipinski definition) is 5. The van der Waals surface area contributed by atoms with E-state index in [1.54, 1.807) is 6.08 Å². The third-order valence-electron chi connectivity index (χ3n) is 5.66. The van der Waals surface area contributed by atoms with Gasteiger partial charge in [0.15, 0.2) is 11.5 Å². The number of imide groups is 1. The molecule has 0 bridgehead atoms. The average Bonchev–Trinajstić information content (AvgIpc) is 3.12. The minimum Gasteiger partial charge on any atom is -0.490 e. The van der Waals surface area contributed by atoms with Crippen LogP contribution >= 0.6 is 27.7 Å². The molecular weight excluding hydrogens is 538 g/mol. The summed E-state index contributed by atoms with van der Waals surface area (Å²) < 4.78 is 12.7. The lowest BCUT2D eigenvalue weighted by atomic mass is 10.1. The highest BCUT2D eigenvalue weighted by molar-refractivity contribution is 9.10. The van der Waals surface area contributed by atoms with Crippen molar-refractivity contribution >= 4 is 44.9 Å². The van der Waals surface area contributed by atoms with E-state index in [9.17, 15) is 9.59 Å². The molecular formula is C29H28BrNO4S. The summed E-state index contributed by atoms with van der Waals surface area (Å²) in [5.74, 6) is 0.921. The molecule has 4 rings (SSSR count). The average molecular weight is 567 g/mol. The fourth-order valence-corrected chi connectivity index (χ4v) is 5.40. The van der Waals surface area contributed by atoms with Gasteiger partial charge in [0.05, 0.1) is 16.0 Å². The summed E-state index contributed by atoms with van der Waals surface area (Å²) in [7, 11) is 0. The van der Waals surface area contributed by atoms with Crippen LogP contribution in [0.15, 0.2) is 76.1 Å². The number of carbonyl (C=O) groups is 2. The first-order valence-electron chi connectivity index (χ1n) is 11.9. The van der Waals surface area contributed by atoms with E-state index in [2.05, 4.69) is 34.1 Å². The standard InChI is InChI=1S/C29H28BrNO4S/c1-3-34-25-17-23(16-24(30)27(25)35-19-22-12-7-9-20(2)15-22)18-26-28(32)31(29(33)36-26)14-8-13-21-10-5-4-6-11-21/h4-7,9-12,15-18H,3,8,13-14,19H2,1-2H3/b26-18+. The van der Waals surface area contributed by atoms with Crippen LogP contribution in [0.1, 0.15) is 35.6 Å². The van der Waals surface area contributed by atoms with E-state index in [1.807, 2.05) is 62.4 Å². The molecule has 0 atom stereocenters. The molecule has 1 aliphatic heterocycles. The van der Waals surface area contributed by atoms with Crippen molar-refractivity contribution in [2.75, 3.05) is 13.2 Å². The number of hydrogen-bond donors (Lipinski definition) is 0. The Hall–Kier alpha value is -3.03. The minimum absolute atomic E-state index is 0.235. The summed E-state index contributed by atoms with van der Waals surface area (Å²) in [6.45, 7) is 5.23. The highest BCUT2D eigenvalue weighted by atomic mass is 79.9. The maximum atomic E-state index is 13.0. The Balaban J connectivity index is 1.47. The lowest BCUT2D eigenvalue weighted by Crippen LogP contribution is -2.29. The van der Waals surface area contributed by atoms with E-state index in [1.165, 1.54) is 16.0 Å². The summed E-state index contributed by atoms with van der Waals surface area (Å²) in [5.41, 5.74) is 4.18. The normalized spacial score (nSPS) is 14.5. The molecule has 0 saturated carbocycles. The molecule has 0 unspecified atom stereocenters. The maximum absolute atomic E-state index is 13.0. The van der Waals surface area contributed by atoms with E-state index >= 15 is 0 Å². The van der Waals surface area contributed by atoms with Crippen LogP contribution in [0.3, 0.4) is 0 Å². The van der Waals surface area contributed by atoms with Crippen molar-refractivity contribution in [1.29, 1.82) is 0 Å². The summed E-state index contributed by atoms with van der Waals surface area (Å²) in [4.78, 5) is 27.2. The molecule has 1 heterocycles. The Labute approximate surface area is 224 Å². The second-order valence-electron chi connectivity index (χ2n) is 8.46. The zero-order chi connectivity index (χ0) is 25.5. The second-order valence-corrected chi connectivity index (χ2v) is 10.3. The van der Waals surface area contributed by atoms with Crippen LogP contribution in [-0.2, 0) is 17.8 Å². The maximum Gasteiger partial charge on any atom is 0.293 e. The zero-order valence-corrected chi connectivity index (χ0v) is 22.7. The number of aryl methyl sites for hydroxylation is 2. The highest BCUT2D eigenvalue weighted by Crippen LogP contribution is 2.39. The lowest BCUT2D eigenvalue weighted by Gasteiger charge is -2.15. The summed E-state index contributed by atoms with van der Waals surface area (Å²) in [5, 5.41) is -0.235. The molecule has 1 saturated heterocycles. The van der Waals surface area contributed by atoms with Gasteiger partial charge in [0.25, 0.3) is 11.1 Å². The first-order chi connectivity index (χ1) is 17.4. The van der Waals surface area contributed by atoms with Crippen LogP contribution in [0.2, 0.25) is 0 Å². The van der Waals surface area contributed by atoms with Gasteiger partial charge in [-0.1, -0.05) is 60.2 Å². The molecule has 5 nitrogen and oxygen atoms in total. The van der Waals surface area contributed by atoms with Crippen molar-refractivity contribution in [3.63, 3.8) is 0 Å². The van der Waals surface area contributed by atoms with Crippen LogP contribution < -0.4 is 9.47 Å². The fraction of sp³-hybridized carbons (Fsp3) is 0.241. The summed E-state index contributed by atoms with van der Waals surface area (Å²) in [6.07, 6.45) is 3.28. The van der Waals surface area contributed by atoms with Crippen molar-refractivity contribution in [2.45, 2.75) is 33.3 Å². The largest absolute Gasteiger partial charge is 0.490 e. The van der Waals surface area contributed by atoms with Gasteiger partial charge in [-0.05, 0) is 89.3 Å². The Kier molecular flexibility index (Phi) is 8.88. The van der Waals surface area contributed by atoms with Crippen LogP contribution in [-0.4, -0.2) is 29.2 Å². The number of nitrogens with zero attached hydrogens (tertiary/aromatic N) is 1. The molecule has 7 heteroatoms. The second kappa shape index (κ2) is 12.3. The van der Waals surface area contributed by atoms with Crippen molar-refractivity contribution in [2.24, 2.45) is 0 Å². The van der Waals surface area contributed by atoms with Gasteiger partial charge in [0, 0.05) is 6.54 Å². The summed E-state index contributed by atoms with van der Waals surface area (Å²) >= 11 is 4.57. The van der Waals surface area contributed by atoms with Gasteiger partial charge < -0.3 is 9.47 Å². The predicted molar refractivity (Wildman–Crippen MR) is 148 cm³/mol. The summed E-state index contributed by atoms with van der Waals surface area (Å²) in [6, 6.07) is 21.9. The molecule has 0 aliphatic carbocycles. The SMILES string of the molecule is CCOc1cc(/C=C2/SC(=O)N(CCCc3ccccc3)C2=O)cc(Br)c1OCc1cccc(C)c1. The van der Waals surface area contributed by atoms with Crippen LogP contribution in [0.25, 0.3) is 6.08 Å². The van der Waals surface area contributed by atoms with Crippen molar-refractivity contribution < 1.29 is 19.1 Å². The number of thioether (sulfide) groups is 1. The van der Waals surface area contributed by atoms with Crippen molar-refractivity contribution in [3.05, 3.63) is 98.4 Å². The Morgan fingerprint density at radius 1 is 0.972 bits per heavy atom. The third kappa shape index (κ3) is 6.59. The van der Waals surface area contributed by atoms with E-state index in [0.29, 0.717) is 36.2 Å². The molecule has 0 aromatic heterocycles. The van der Waals surface area contributed by atoms with E-state index in [0.717, 1.165) is 40.2 Å². The Morgan fingerprint density at radius 3 is 2.50 bits per heavy atom. The van der Waals surface area contributed by atoms with Crippen LogP contribution in [0.4, 0.5) is 4.79 Å². The van der Waals surface area contributed by atoms with E-state index < -0.39 is 0 Å². The first kappa shape index (κ1) is 26.0. The zero-order valence-electron chi connectivity index (χ0n) is 20.3. The smallest absolute Gasteiger partial charge is 0.293 e. The molecule has 1 fully saturated rings. The van der Waals surface area contributed by atoms with Gasteiger partial charge in [0.1, 0.15) is 6.61 Å². The molecule has 0 radical (unpaired) electrons. The monoisotopic (exact) mass is 565 g/mol. The number of benzene rings is 3. The van der Waals surface area contributed by atoms with Crippen LogP contribution in [0.5, 0.6) is 11.5 Å². The Bertz CT molecular complexity index is 1280. The molecule has 3 aromatic rings. The lowest BCUT2D eigenvalue weighted by molar-refractivity contribution is -0.122. The number of amides is 2. The van der Waals surface area contributed by atoms with E-state index in [4.69, 9.17) is 9.47 Å². The van der Waals surface area contributed by atoms with Gasteiger partial charge in [-0.25, -0.2) is 0 Å². The molecule has 1 aliphatic rings. The molecule has 2 amide bonds.